The number of hydrogen-bond acceptors (Lipinski definition) is 10. The Balaban J connectivity index is 1.33. The molecule has 1 saturated heterocycles. The summed E-state index contributed by atoms with van der Waals surface area (Å²) in [5, 5.41) is 20.8. The van der Waals surface area contributed by atoms with Gasteiger partial charge in [0.1, 0.15) is 23.9 Å². The van der Waals surface area contributed by atoms with E-state index in [0.717, 1.165) is 55.6 Å². The lowest BCUT2D eigenvalue weighted by molar-refractivity contribution is 0.0944. The van der Waals surface area contributed by atoms with Crippen molar-refractivity contribution in [1.82, 2.24) is 35.4 Å². The second-order valence-corrected chi connectivity index (χ2v) is 10.2. The highest BCUT2D eigenvalue weighted by Crippen LogP contribution is 2.45. The van der Waals surface area contributed by atoms with Crippen LogP contribution in [0.2, 0.25) is 0 Å². The number of aromatic amines is 1. The molecule has 1 aliphatic heterocycles. The highest BCUT2D eigenvalue weighted by Gasteiger charge is 2.44. The molecule has 0 bridgehead atoms. The molecule has 12 heteroatoms. The summed E-state index contributed by atoms with van der Waals surface area (Å²) in [7, 11) is 5.55. The van der Waals surface area contributed by atoms with Crippen LogP contribution < -0.4 is 19.7 Å². The van der Waals surface area contributed by atoms with Gasteiger partial charge in [-0.1, -0.05) is 0 Å². The molecular weight excluding hydrogens is 486 g/mol. The molecule has 0 aromatic carbocycles. The smallest absolute Gasteiger partial charge is 0.319 e. The van der Waals surface area contributed by atoms with Crippen LogP contribution in [-0.2, 0) is 0 Å². The maximum Gasteiger partial charge on any atom is 0.319 e. The van der Waals surface area contributed by atoms with Crippen LogP contribution in [0.5, 0.6) is 11.8 Å². The number of carbonyl (C=O) groups excluding carboxylic acids is 1. The van der Waals surface area contributed by atoms with Gasteiger partial charge in [-0.25, -0.2) is 4.98 Å². The van der Waals surface area contributed by atoms with E-state index in [1.807, 2.05) is 25.1 Å². The average Bonchev–Trinajstić information content (AvgIpc) is 3.60. The Bertz CT molecular complexity index is 1340. The van der Waals surface area contributed by atoms with Gasteiger partial charge in [-0.05, 0) is 45.8 Å². The minimum absolute atomic E-state index is 0.124. The van der Waals surface area contributed by atoms with Crippen LogP contribution in [0.4, 0.5) is 5.82 Å². The third-order valence-corrected chi connectivity index (χ3v) is 7.23. The van der Waals surface area contributed by atoms with E-state index in [2.05, 4.69) is 41.4 Å². The number of carbonyl (C=O) groups is 1. The molecule has 1 aliphatic carbocycles. The Hall–Kier alpha value is -3.98. The minimum atomic E-state index is -0.464. The Kier molecular flexibility index (Phi) is 7.28. The van der Waals surface area contributed by atoms with Crippen molar-refractivity contribution in [3.8, 4) is 17.8 Å². The molecule has 1 amide bonds. The van der Waals surface area contributed by atoms with Crippen molar-refractivity contribution in [2.75, 3.05) is 58.9 Å². The number of hydrogen-bond donors (Lipinski definition) is 2. The molecule has 0 radical (unpaired) electrons. The Morgan fingerprint density at radius 3 is 2.79 bits per heavy atom. The standard InChI is InChI=1S/C26H33N9O3/c1-34(2)13-10-29-24(36)18-14-20(31-25(30-18)38-16-26(15-27)7-8-26)35-11-5-17(6-12-35)22-21-19(37-3)4-9-28-23(21)33-32-22/h4,9,14,17H,5-8,10-13,16H2,1-3H3,(H,29,36)(H,28,32,33). The number of nitrogens with zero attached hydrogens (tertiary/aromatic N) is 7. The number of rotatable bonds is 10. The number of nitriles is 1. The quantitative estimate of drug-likeness (QED) is 0.408. The van der Waals surface area contributed by atoms with Gasteiger partial charge in [0.15, 0.2) is 5.65 Å². The SMILES string of the molecule is COc1ccnc2n[nH]c(C3CCN(c4cc(C(=O)NCCN(C)C)nc(OCC5(C#N)CC5)n4)CC3)c12. The minimum Gasteiger partial charge on any atom is -0.496 e. The predicted molar refractivity (Wildman–Crippen MR) is 140 cm³/mol. The molecule has 3 aromatic heterocycles. The van der Waals surface area contributed by atoms with Crippen molar-refractivity contribution >= 4 is 22.8 Å². The molecule has 2 aliphatic rings. The fourth-order valence-corrected chi connectivity index (χ4v) is 4.68. The summed E-state index contributed by atoms with van der Waals surface area (Å²) < 4.78 is 11.4. The van der Waals surface area contributed by atoms with Gasteiger partial charge in [-0.15, -0.1) is 0 Å². The topological polar surface area (TPSA) is 145 Å². The average molecular weight is 520 g/mol. The summed E-state index contributed by atoms with van der Waals surface area (Å²) >= 11 is 0. The summed E-state index contributed by atoms with van der Waals surface area (Å²) in [5.41, 5.74) is 1.47. The van der Waals surface area contributed by atoms with Crippen molar-refractivity contribution in [1.29, 1.82) is 5.26 Å². The zero-order valence-corrected chi connectivity index (χ0v) is 22.0. The maximum absolute atomic E-state index is 12.9. The lowest BCUT2D eigenvalue weighted by atomic mass is 9.92. The van der Waals surface area contributed by atoms with E-state index in [1.54, 1.807) is 19.4 Å². The van der Waals surface area contributed by atoms with Gasteiger partial charge in [0.05, 0.1) is 29.7 Å². The number of piperidine rings is 1. The number of anilines is 1. The van der Waals surface area contributed by atoms with Crippen LogP contribution in [0, 0.1) is 16.7 Å². The number of aromatic nitrogens is 5. The molecule has 4 heterocycles. The predicted octanol–water partition coefficient (Wildman–Crippen LogP) is 2.11. The number of nitrogens with one attached hydrogen (secondary N) is 2. The zero-order valence-electron chi connectivity index (χ0n) is 22.0. The van der Waals surface area contributed by atoms with Gasteiger partial charge in [0.2, 0.25) is 0 Å². The van der Waals surface area contributed by atoms with E-state index in [4.69, 9.17) is 9.47 Å². The van der Waals surface area contributed by atoms with Gasteiger partial charge >= 0.3 is 6.01 Å². The van der Waals surface area contributed by atoms with E-state index >= 15 is 0 Å². The maximum atomic E-state index is 12.9. The van der Waals surface area contributed by atoms with E-state index in [-0.39, 0.29) is 30.1 Å². The highest BCUT2D eigenvalue weighted by molar-refractivity contribution is 5.93. The highest BCUT2D eigenvalue weighted by atomic mass is 16.5. The summed E-state index contributed by atoms with van der Waals surface area (Å²) in [6.07, 6.45) is 5.02. The molecule has 12 nitrogen and oxygen atoms in total. The monoisotopic (exact) mass is 519 g/mol. The molecule has 2 fully saturated rings. The fraction of sp³-hybridized carbons (Fsp3) is 0.538. The van der Waals surface area contributed by atoms with Crippen LogP contribution in [0.15, 0.2) is 18.3 Å². The summed E-state index contributed by atoms with van der Waals surface area (Å²) in [6, 6.07) is 6.01. The van der Waals surface area contributed by atoms with Crippen LogP contribution in [0.3, 0.4) is 0 Å². The van der Waals surface area contributed by atoms with Gasteiger partial charge in [0, 0.05) is 44.4 Å². The number of fused-ring (bicyclic) bond motifs is 1. The summed E-state index contributed by atoms with van der Waals surface area (Å²) in [6.45, 7) is 2.90. The number of methoxy groups -OCH3 is 1. The van der Waals surface area contributed by atoms with Crippen molar-refractivity contribution in [3.05, 3.63) is 29.7 Å². The van der Waals surface area contributed by atoms with Crippen molar-refractivity contribution < 1.29 is 14.3 Å². The summed E-state index contributed by atoms with van der Waals surface area (Å²) in [4.78, 5) is 30.4. The van der Waals surface area contributed by atoms with Crippen molar-refractivity contribution in [2.24, 2.45) is 5.41 Å². The number of ether oxygens (including phenoxy) is 2. The van der Waals surface area contributed by atoms with Crippen LogP contribution in [0.1, 0.15) is 47.8 Å². The third kappa shape index (κ3) is 5.47. The largest absolute Gasteiger partial charge is 0.496 e. The van der Waals surface area contributed by atoms with Gasteiger partial charge < -0.3 is 24.6 Å². The zero-order chi connectivity index (χ0) is 26.7. The molecule has 2 N–H and O–H groups in total. The molecule has 5 rings (SSSR count). The Morgan fingerprint density at radius 1 is 1.32 bits per heavy atom. The first kappa shape index (κ1) is 25.7. The van der Waals surface area contributed by atoms with Gasteiger partial charge in [0.25, 0.3) is 5.91 Å². The van der Waals surface area contributed by atoms with Crippen LogP contribution >= 0.6 is 0 Å². The van der Waals surface area contributed by atoms with E-state index in [1.165, 1.54) is 0 Å². The number of likely N-dealkylation sites (N-methyl/N-ethyl adjacent to an activating group) is 1. The van der Waals surface area contributed by atoms with E-state index in [0.29, 0.717) is 24.6 Å². The lowest BCUT2D eigenvalue weighted by Crippen LogP contribution is -2.35. The molecule has 38 heavy (non-hydrogen) atoms. The van der Waals surface area contributed by atoms with Gasteiger partial charge in [-0.2, -0.15) is 20.3 Å². The molecular formula is C26H33N9O3. The Labute approximate surface area is 221 Å². The van der Waals surface area contributed by atoms with Crippen molar-refractivity contribution in [3.63, 3.8) is 0 Å². The second-order valence-electron chi connectivity index (χ2n) is 10.2. The third-order valence-electron chi connectivity index (χ3n) is 7.23. The number of pyridine rings is 1. The second kappa shape index (κ2) is 10.8. The molecule has 3 aromatic rings. The van der Waals surface area contributed by atoms with E-state index < -0.39 is 5.41 Å². The molecule has 0 unspecified atom stereocenters. The number of amides is 1. The lowest BCUT2D eigenvalue weighted by Gasteiger charge is -2.32. The first-order valence-electron chi connectivity index (χ1n) is 12.9. The first-order chi connectivity index (χ1) is 18.4. The Morgan fingerprint density at radius 2 is 2.11 bits per heavy atom. The molecule has 0 spiro atoms. The van der Waals surface area contributed by atoms with Crippen LogP contribution in [0.25, 0.3) is 11.0 Å². The molecule has 0 atom stereocenters. The first-order valence-corrected chi connectivity index (χ1v) is 12.9. The van der Waals surface area contributed by atoms with Crippen molar-refractivity contribution in [2.45, 2.75) is 31.6 Å². The van der Waals surface area contributed by atoms with Gasteiger partial charge in [-0.3, -0.25) is 9.89 Å². The normalized spacial score (nSPS) is 16.9. The fourth-order valence-electron chi connectivity index (χ4n) is 4.68. The van der Waals surface area contributed by atoms with Crippen LogP contribution in [-0.4, -0.2) is 89.9 Å². The molecule has 200 valence electrons. The van der Waals surface area contributed by atoms with E-state index in [9.17, 15) is 10.1 Å². The molecule has 1 saturated carbocycles. The number of H-pyrrole nitrogens is 1. The summed E-state index contributed by atoms with van der Waals surface area (Å²) in [5.74, 6) is 1.38.